The summed E-state index contributed by atoms with van der Waals surface area (Å²) in [5.74, 6) is -0.00360. The van der Waals surface area contributed by atoms with Gasteiger partial charge in [0.2, 0.25) is 5.91 Å². The molecule has 0 radical (unpaired) electrons. The number of rotatable bonds is 6. The van der Waals surface area contributed by atoms with Crippen LogP contribution in [0.1, 0.15) is 18.4 Å². The molecule has 0 saturated carbocycles. The minimum Gasteiger partial charge on any atom is -0.376 e. The molecule has 0 aliphatic carbocycles. The Morgan fingerprint density at radius 3 is 2.65 bits per heavy atom. The fourth-order valence-corrected chi connectivity index (χ4v) is 4.24. The number of nitrogens with zero attached hydrogens (tertiary/aromatic N) is 2. The minimum absolute atomic E-state index is 0.0212. The predicted octanol–water partition coefficient (Wildman–Crippen LogP) is 4.70. The number of benzene rings is 2. The molecule has 1 aliphatic heterocycles. The van der Waals surface area contributed by atoms with Crippen molar-refractivity contribution < 1.29 is 22.7 Å². The van der Waals surface area contributed by atoms with Gasteiger partial charge < -0.3 is 10.1 Å². The van der Waals surface area contributed by atoms with Crippen molar-refractivity contribution in [2.45, 2.75) is 30.1 Å². The topological polar surface area (TPSA) is 64.1 Å². The van der Waals surface area contributed by atoms with Crippen molar-refractivity contribution in [3.63, 3.8) is 0 Å². The van der Waals surface area contributed by atoms with Crippen LogP contribution in [0.25, 0.3) is 22.3 Å². The summed E-state index contributed by atoms with van der Waals surface area (Å²) in [6, 6.07) is 12.7. The van der Waals surface area contributed by atoms with E-state index >= 15 is 0 Å². The Labute approximate surface area is 181 Å². The second-order valence-corrected chi connectivity index (χ2v) is 8.11. The molecule has 3 aromatic rings. The van der Waals surface area contributed by atoms with Crippen molar-refractivity contribution in [2.75, 3.05) is 18.9 Å². The third-order valence-corrected chi connectivity index (χ3v) is 5.91. The van der Waals surface area contributed by atoms with E-state index in [2.05, 4.69) is 15.3 Å². The monoisotopic (exact) mass is 447 g/mol. The summed E-state index contributed by atoms with van der Waals surface area (Å²) in [4.78, 5) is 21.0. The zero-order valence-corrected chi connectivity index (χ0v) is 17.3. The van der Waals surface area contributed by atoms with Crippen LogP contribution in [0.15, 0.2) is 53.6 Å². The lowest BCUT2D eigenvalue weighted by molar-refractivity contribution is -0.136. The van der Waals surface area contributed by atoms with E-state index in [1.54, 1.807) is 36.4 Å². The number of halogens is 3. The van der Waals surface area contributed by atoms with Crippen LogP contribution in [0.2, 0.25) is 0 Å². The Kier molecular flexibility index (Phi) is 6.43. The van der Waals surface area contributed by atoms with Gasteiger partial charge in [0.15, 0.2) is 5.82 Å². The largest absolute Gasteiger partial charge is 0.418 e. The van der Waals surface area contributed by atoms with E-state index in [1.165, 1.54) is 6.07 Å². The van der Waals surface area contributed by atoms with Gasteiger partial charge in [-0.3, -0.25) is 4.79 Å². The van der Waals surface area contributed by atoms with Crippen LogP contribution in [0.4, 0.5) is 13.2 Å². The number of hydrogen-bond acceptors (Lipinski definition) is 5. The van der Waals surface area contributed by atoms with E-state index in [9.17, 15) is 18.0 Å². The first kappa shape index (κ1) is 21.6. The van der Waals surface area contributed by atoms with Gasteiger partial charge in [-0.1, -0.05) is 54.2 Å². The van der Waals surface area contributed by atoms with Gasteiger partial charge in [-0.2, -0.15) is 13.2 Å². The standard InChI is InChI=1S/C22H20F3N3O2S/c23-22(24,25)17-10-4-9-16-19(17)27-20(14-6-2-1-3-7-14)28-21(16)31-13-18(29)26-12-15-8-5-11-30-15/h1-4,6-7,9-10,15H,5,8,11-13H2,(H,26,29)/t15-/m0/s1. The van der Waals surface area contributed by atoms with Crippen LogP contribution in [0, 0.1) is 0 Å². The lowest BCUT2D eigenvalue weighted by atomic mass is 10.1. The van der Waals surface area contributed by atoms with Crippen LogP contribution < -0.4 is 5.32 Å². The number of fused-ring (bicyclic) bond motifs is 1. The summed E-state index contributed by atoms with van der Waals surface area (Å²) in [5, 5.41) is 3.42. The van der Waals surface area contributed by atoms with E-state index in [1.807, 2.05) is 0 Å². The van der Waals surface area contributed by atoms with Gasteiger partial charge in [-0.05, 0) is 18.9 Å². The number of alkyl halides is 3. The Balaban J connectivity index is 1.63. The van der Waals surface area contributed by atoms with E-state index in [4.69, 9.17) is 4.74 Å². The molecule has 2 aromatic carbocycles. The van der Waals surface area contributed by atoms with Crippen LogP contribution in [0.5, 0.6) is 0 Å². The molecule has 5 nitrogen and oxygen atoms in total. The fraction of sp³-hybridized carbons (Fsp3) is 0.318. The zero-order valence-electron chi connectivity index (χ0n) is 16.5. The van der Waals surface area contributed by atoms with E-state index in [0.717, 1.165) is 30.7 Å². The normalized spacial score (nSPS) is 16.5. The van der Waals surface area contributed by atoms with E-state index in [-0.39, 0.29) is 34.5 Å². The summed E-state index contributed by atoms with van der Waals surface area (Å²) < 4.78 is 46.3. The van der Waals surface area contributed by atoms with Crippen molar-refractivity contribution in [1.29, 1.82) is 0 Å². The summed E-state index contributed by atoms with van der Waals surface area (Å²) in [6.07, 6.45) is -2.65. The maximum absolute atomic E-state index is 13.6. The van der Waals surface area contributed by atoms with Gasteiger partial charge in [0.1, 0.15) is 5.03 Å². The highest BCUT2D eigenvalue weighted by atomic mass is 32.2. The molecule has 1 atom stereocenters. The molecule has 31 heavy (non-hydrogen) atoms. The van der Waals surface area contributed by atoms with Crippen LogP contribution in [0.3, 0.4) is 0 Å². The number of ether oxygens (including phenoxy) is 1. The molecule has 1 fully saturated rings. The molecule has 1 aromatic heterocycles. The number of nitrogens with one attached hydrogen (secondary N) is 1. The molecule has 162 valence electrons. The fourth-order valence-electron chi connectivity index (χ4n) is 3.40. The van der Waals surface area contributed by atoms with Gasteiger partial charge in [0, 0.05) is 24.1 Å². The summed E-state index contributed by atoms with van der Waals surface area (Å²) in [7, 11) is 0. The highest BCUT2D eigenvalue weighted by molar-refractivity contribution is 8.00. The zero-order chi connectivity index (χ0) is 21.8. The quantitative estimate of drug-likeness (QED) is 0.438. The maximum atomic E-state index is 13.6. The average molecular weight is 447 g/mol. The van der Waals surface area contributed by atoms with Gasteiger partial charge in [0.25, 0.3) is 0 Å². The molecule has 9 heteroatoms. The van der Waals surface area contributed by atoms with Crippen molar-refractivity contribution >= 4 is 28.6 Å². The minimum atomic E-state index is -4.55. The van der Waals surface area contributed by atoms with Crippen molar-refractivity contribution in [3.05, 3.63) is 54.1 Å². The first-order chi connectivity index (χ1) is 14.9. The Morgan fingerprint density at radius 1 is 1.13 bits per heavy atom. The molecule has 0 bridgehead atoms. The molecule has 1 aliphatic rings. The highest BCUT2D eigenvalue weighted by Crippen LogP contribution is 2.37. The third kappa shape index (κ3) is 5.16. The summed E-state index contributed by atoms with van der Waals surface area (Å²) in [5.41, 5.74) is -0.397. The first-order valence-corrected chi connectivity index (χ1v) is 10.8. The SMILES string of the molecule is O=C(CSc1nc(-c2ccccc2)nc2c(C(F)(F)F)cccc12)NC[C@@H]1CCCO1. The molecular formula is C22H20F3N3O2S. The van der Waals surface area contributed by atoms with Gasteiger partial charge in [-0.25, -0.2) is 9.97 Å². The predicted molar refractivity (Wildman–Crippen MR) is 113 cm³/mol. The van der Waals surface area contributed by atoms with Crippen LogP contribution in [-0.4, -0.2) is 40.9 Å². The lowest BCUT2D eigenvalue weighted by Crippen LogP contribution is -2.32. The first-order valence-electron chi connectivity index (χ1n) is 9.86. The second-order valence-electron chi connectivity index (χ2n) is 7.15. The summed E-state index contributed by atoms with van der Waals surface area (Å²) >= 11 is 1.10. The molecule has 2 heterocycles. The number of carbonyl (C=O) groups excluding carboxylic acids is 1. The van der Waals surface area contributed by atoms with Gasteiger partial charge in [-0.15, -0.1) is 0 Å². The molecule has 1 saturated heterocycles. The van der Waals surface area contributed by atoms with Gasteiger partial charge in [0.05, 0.1) is 22.9 Å². The average Bonchev–Trinajstić information content (AvgIpc) is 3.29. The molecule has 1 amide bonds. The third-order valence-electron chi connectivity index (χ3n) is 4.92. The maximum Gasteiger partial charge on any atom is 0.418 e. The van der Waals surface area contributed by atoms with Crippen molar-refractivity contribution in [3.8, 4) is 11.4 Å². The van der Waals surface area contributed by atoms with Gasteiger partial charge >= 0.3 is 6.18 Å². The molecule has 0 spiro atoms. The van der Waals surface area contributed by atoms with Crippen molar-refractivity contribution in [2.24, 2.45) is 0 Å². The summed E-state index contributed by atoms with van der Waals surface area (Å²) in [6.45, 7) is 1.13. The smallest absolute Gasteiger partial charge is 0.376 e. The van der Waals surface area contributed by atoms with E-state index in [0.29, 0.717) is 23.7 Å². The number of amides is 1. The highest BCUT2D eigenvalue weighted by Gasteiger charge is 2.34. The number of aromatic nitrogens is 2. The van der Waals surface area contributed by atoms with E-state index < -0.39 is 11.7 Å². The van der Waals surface area contributed by atoms with Crippen molar-refractivity contribution in [1.82, 2.24) is 15.3 Å². The Hall–Kier alpha value is -2.65. The van der Waals surface area contributed by atoms with Crippen LogP contribution in [-0.2, 0) is 15.7 Å². The molecular weight excluding hydrogens is 427 g/mol. The van der Waals surface area contributed by atoms with Crippen LogP contribution >= 0.6 is 11.8 Å². The second kappa shape index (κ2) is 9.23. The number of carbonyl (C=O) groups is 1. The molecule has 4 rings (SSSR count). The molecule has 1 N–H and O–H groups in total. The number of hydrogen-bond donors (Lipinski definition) is 1. The Bertz CT molecular complexity index is 1070. The molecule has 0 unspecified atom stereocenters. The lowest BCUT2D eigenvalue weighted by Gasteiger charge is -2.14. The number of thioether (sulfide) groups is 1. The Morgan fingerprint density at radius 2 is 1.94 bits per heavy atom. The number of para-hydroxylation sites is 1.